The zero-order chi connectivity index (χ0) is 16.8. The largest absolute Gasteiger partial charge is 0.472 e. The first-order chi connectivity index (χ1) is 11.0. The second-order valence-electron chi connectivity index (χ2n) is 4.99. The first-order valence-electron chi connectivity index (χ1n) is 7.06. The van der Waals surface area contributed by atoms with Crippen molar-refractivity contribution in [1.82, 2.24) is 10.2 Å². The molecule has 0 atom stereocenters. The summed E-state index contributed by atoms with van der Waals surface area (Å²) in [5.74, 6) is -1.32. The summed E-state index contributed by atoms with van der Waals surface area (Å²) < 4.78 is 18.3. The van der Waals surface area contributed by atoms with Crippen LogP contribution in [-0.2, 0) is 0 Å². The van der Waals surface area contributed by atoms with Crippen LogP contribution in [0.3, 0.4) is 0 Å². The molecule has 130 valence electrons. The molecule has 0 saturated heterocycles. The second-order valence-corrected chi connectivity index (χ2v) is 4.99. The van der Waals surface area contributed by atoms with E-state index < -0.39 is 11.7 Å². The van der Waals surface area contributed by atoms with Crippen molar-refractivity contribution in [1.29, 1.82) is 0 Å². The van der Waals surface area contributed by atoms with Crippen molar-refractivity contribution in [3.05, 3.63) is 53.7 Å². The number of rotatable bonds is 6. The molecule has 2 rings (SSSR count). The van der Waals surface area contributed by atoms with Crippen LogP contribution in [0.2, 0.25) is 0 Å². The van der Waals surface area contributed by atoms with E-state index in [1.165, 1.54) is 35.6 Å². The molecule has 0 radical (unpaired) electrons. The van der Waals surface area contributed by atoms with Crippen molar-refractivity contribution in [2.45, 2.75) is 0 Å². The molecule has 1 aromatic heterocycles. The second kappa shape index (κ2) is 9.05. The van der Waals surface area contributed by atoms with E-state index in [-0.39, 0.29) is 35.1 Å². The van der Waals surface area contributed by atoms with Crippen molar-refractivity contribution in [2.75, 3.05) is 32.5 Å². The fraction of sp³-hybridized carbons (Fsp3) is 0.250. The van der Waals surface area contributed by atoms with Crippen molar-refractivity contribution in [3.63, 3.8) is 0 Å². The van der Waals surface area contributed by atoms with Gasteiger partial charge in [-0.25, -0.2) is 4.39 Å². The normalized spacial score (nSPS) is 9.96. The molecule has 0 bridgehead atoms. The third-order valence-electron chi connectivity index (χ3n) is 3.29. The lowest BCUT2D eigenvalue weighted by atomic mass is 10.1. The van der Waals surface area contributed by atoms with Crippen LogP contribution in [0.25, 0.3) is 0 Å². The van der Waals surface area contributed by atoms with Crippen molar-refractivity contribution < 1.29 is 18.4 Å². The highest BCUT2D eigenvalue weighted by Gasteiger charge is 2.18. The molecule has 2 aromatic rings. The van der Waals surface area contributed by atoms with Crippen LogP contribution in [0.15, 0.2) is 41.2 Å². The van der Waals surface area contributed by atoms with Crippen LogP contribution in [0.1, 0.15) is 20.7 Å². The smallest absolute Gasteiger partial charge is 0.258 e. The molecule has 0 saturated carbocycles. The Morgan fingerprint density at radius 2 is 2.04 bits per heavy atom. The van der Waals surface area contributed by atoms with Crippen LogP contribution < -0.4 is 10.6 Å². The summed E-state index contributed by atoms with van der Waals surface area (Å²) >= 11 is 0. The van der Waals surface area contributed by atoms with Crippen molar-refractivity contribution in [2.24, 2.45) is 0 Å². The lowest BCUT2D eigenvalue weighted by molar-refractivity contribution is 0.0798. The number of anilines is 1. The molecular formula is C16H19ClFN3O3. The van der Waals surface area contributed by atoms with Gasteiger partial charge in [0.1, 0.15) is 12.1 Å². The van der Waals surface area contributed by atoms with Gasteiger partial charge in [-0.1, -0.05) is 0 Å². The van der Waals surface area contributed by atoms with E-state index in [1.54, 1.807) is 14.1 Å². The molecule has 8 heteroatoms. The zero-order valence-corrected chi connectivity index (χ0v) is 14.2. The van der Waals surface area contributed by atoms with Gasteiger partial charge >= 0.3 is 0 Å². The summed E-state index contributed by atoms with van der Waals surface area (Å²) in [5, 5.41) is 5.49. The van der Waals surface area contributed by atoms with Gasteiger partial charge in [-0.2, -0.15) is 0 Å². The van der Waals surface area contributed by atoms with Gasteiger partial charge in [0.25, 0.3) is 11.8 Å². The SMILES string of the molecule is CNCCN(C)C(=O)c1ccc(F)cc1NC(=O)c1ccoc1.Cl. The molecule has 6 nitrogen and oxygen atoms in total. The Morgan fingerprint density at radius 3 is 2.67 bits per heavy atom. The standard InChI is InChI=1S/C16H18FN3O3.ClH/c1-18-6-7-20(2)16(22)13-4-3-12(17)9-14(13)19-15(21)11-5-8-23-10-11;/h3-5,8-10,18H,6-7H2,1-2H3,(H,19,21);1H. The van der Waals surface area contributed by atoms with Gasteiger partial charge < -0.3 is 20.0 Å². The quantitative estimate of drug-likeness (QED) is 0.834. The third kappa shape index (κ3) is 4.81. The summed E-state index contributed by atoms with van der Waals surface area (Å²) in [6, 6.07) is 5.15. The van der Waals surface area contributed by atoms with Gasteiger partial charge in [0.15, 0.2) is 0 Å². The van der Waals surface area contributed by atoms with E-state index in [1.807, 2.05) is 0 Å². The molecule has 0 fully saturated rings. The lowest BCUT2D eigenvalue weighted by Crippen LogP contribution is -2.33. The molecule has 2 N–H and O–H groups in total. The van der Waals surface area contributed by atoms with Gasteiger partial charge in [-0.15, -0.1) is 12.4 Å². The maximum Gasteiger partial charge on any atom is 0.258 e. The highest BCUT2D eigenvalue weighted by Crippen LogP contribution is 2.20. The summed E-state index contributed by atoms with van der Waals surface area (Å²) in [6.07, 6.45) is 2.63. The summed E-state index contributed by atoms with van der Waals surface area (Å²) in [4.78, 5) is 26.0. The van der Waals surface area contributed by atoms with Gasteiger partial charge in [0, 0.05) is 20.1 Å². The van der Waals surface area contributed by atoms with Gasteiger partial charge in [-0.05, 0) is 31.3 Å². The monoisotopic (exact) mass is 355 g/mol. The number of halogens is 2. The first kappa shape index (κ1) is 19.7. The molecule has 1 aromatic carbocycles. The molecule has 0 unspecified atom stereocenters. The number of hydrogen-bond donors (Lipinski definition) is 2. The number of hydrogen-bond acceptors (Lipinski definition) is 4. The Morgan fingerprint density at radius 1 is 1.29 bits per heavy atom. The minimum Gasteiger partial charge on any atom is -0.472 e. The molecule has 1 heterocycles. The Balaban J connectivity index is 0.00000288. The van der Waals surface area contributed by atoms with Crippen molar-refractivity contribution in [3.8, 4) is 0 Å². The topological polar surface area (TPSA) is 74.6 Å². The maximum absolute atomic E-state index is 13.5. The van der Waals surface area contributed by atoms with Gasteiger partial charge in [0.2, 0.25) is 0 Å². The van der Waals surface area contributed by atoms with E-state index in [2.05, 4.69) is 10.6 Å². The van der Waals surface area contributed by atoms with E-state index in [0.717, 1.165) is 6.07 Å². The molecule has 0 aliphatic carbocycles. The van der Waals surface area contributed by atoms with E-state index in [0.29, 0.717) is 13.1 Å². The summed E-state index contributed by atoms with van der Waals surface area (Å²) in [7, 11) is 3.43. The average Bonchev–Trinajstić information content (AvgIpc) is 3.06. The number of benzene rings is 1. The van der Waals surface area contributed by atoms with Gasteiger partial charge in [-0.3, -0.25) is 9.59 Å². The predicted octanol–water partition coefficient (Wildman–Crippen LogP) is 2.38. The lowest BCUT2D eigenvalue weighted by Gasteiger charge is -2.19. The molecule has 2 amide bonds. The fourth-order valence-corrected chi connectivity index (χ4v) is 1.98. The van der Waals surface area contributed by atoms with Crippen LogP contribution >= 0.6 is 12.4 Å². The van der Waals surface area contributed by atoms with Gasteiger partial charge in [0.05, 0.1) is 23.1 Å². The highest BCUT2D eigenvalue weighted by atomic mass is 35.5. The minimum atomic E-state index is -0.540. The molecule has 0 aliphatic rings. The number of amides is 2. The molecular weight excluding hydrogens is 337 g/mol. The summed E-state index contributed by atoms with van der Waals surface area (Å²) in [6.45, 7) is 1.11. The number of nitrogens with one attached hydrogen (secondary N) is 2. The zero-order valence-electron chi connectivity index (χ0n) is 13.3. The Hall–Kier alpha value is -2.38. The highest BCUT2D eigenvalue weighted by molar-refractivity contribution is 6.08. The number of nitrogens with zero attached hydrogens (tertiary/aromatic N) is 1. The number of carbonyl (C=O) groups is 2. The summed E-state index contributed by atoms with van der Waals surface area (Å²) in [5.41, 5.74) is 0.635. The van der Waals surface area contributed by atoms with Crippen molar-refractivity contribution >= 4 is 29.9 Å². The average molecular weight is 356 g/mol. The van der Waals surface area contributed by atoms with Crippen LogP contribution in [0.4, 0.5) is 10.1 Å². The molecule has 0 aliphatic heterocycles. The number of furan rings is 1. The number of likely N-dealkylation sites (N-methyl/N-ethyl adjacent to an activating group) is 2. The Bertz CT molecular complexity index is 692. The minimum absolute atomic E-state index is 0. The first-order valence-corrected chi connectivity index (χ1v) is 7.06. The van der Waals surface area contributed by atoms with Crippen LogP contribution in [-0.4, -0.2) is 43.9 Å². The fourth-order valence-electron chi connectivity index (χ4n) is 1.98. The third-order valence-corrected chi connectivity index (χ3v) is 3.29. The van der Waals surface area contributed by atoms with E-state index >= 15 is 0 Å². The van der Waals surface area contributed by atoms with E-state index in [9.17, 15) is 14.0 Å². The predicted molar refractivity (Wildman–Crippen MR) is 91.2 cm³/mol. The van der Waals surface area contributed by atoms with Crippen LogP contribution in [0, 0.1) is 5.82 Å². The Labute approximate surface area is 145 Å². The molecule has 0 spiro atoms. The maximum atomic E-state index is 13.5. The van der Waals surface area contributed by atoms with E-state index in [4.69, 9.17) is 4.42 Å². The Kier molecular flexibility index (Phi) is 7.41. The number of carbonyl (C=O) groups excluding carboxylic acids is 2. The molecule has 24 heavy (non-hydrogen) atoms. The van der Waals surface area contributed by atoms with Crippen LogP contribution in [0.5, 0.6) is 0 Å².